The predicted octanol–water partition coefficient (Wildman–Crippen LogP) is 0.211. The van der Waals surface area contributed by atoms with Gasteiger partial charge in [0.05, 0.1) is 13.2 Å². The second kappa shape index (κ2) is 7.65. The molecule has 0 bridgehead atoms. The van der Waals surface area contributed by atoms with Gasteiger partial charge in [-0.3, -0.25) is 0 Å². The highest BCUT2D eigenvalue weighted by atomic mass is 16.7. The Bertz CT molecular complexity index is 94.4. The minimum atomic E-state index is -0.391. The van der Waals surface area contributed by atoms with Crippen molar-refractivity contribution in [3.63, 3.8) is 0 Å². The summed E-state index contributed by atoms with van der Waals surface area (Å²) in [5.74, 6) is 0. The molecule has 0 aliphatic rings. The zero-order valence-electron chi connectivity index (χ0n) is 6.91. The summed E-state index contributed by atoms with van der Waals surface area (Å²) in [4.78, 5) is 10.0. The van der Waals surface area contributed by atoms with Crippen LogP contribution >= 0.6 is 0 Å². The lowest BCUT2D eigenvalue weighted by Crippen LogP contribution is -2.13. The second-order valence-corrected chi connectivity index (χ2v) is 2.03. The first-order chi connectivity index (χ1) is 5.31. The van der Waals surface area contributed by atoms with Crippen LogP contribution in [0.4, 0.5) is 0 Å². The number of rotatable bonds is 7. The molecule has 0 aromatic heterocycles. The molecule has 0 aliphatic carbocycles. The summed E-state index contributed by atoms with van der Waals surface area (Å²) in [5, 5.41) is 0. The standard InChI is InChI=1S/C7H14O4/c1-7(5-8)11-6-10-4-3-9-2/h5,7H,3-4,6H2,1-2H3/t7-/m1/s1. The highest BCUT2D eigenvalue weighted by Gasteiger charge is 1.96. The van der Waals surface area contributed by atoms with Gasteiger partial charge in [-0.25, -0.2) is 0 Å². The summed E-state index contributed by atoms with van der Waals surface area (Å²) >= 11 is 0. The van der Waals surface area contributed by atoms with Crippen molar-refractivity contribution in [2.24, 2.45) is 0 Å². The van der Waals surface area contributed by atoms with Gasteiger partial charge >= 0.3 is 0 Å². The number of aldehydes is 1. The van der Waals surface area contributed by atoms with E-state index >= 15 is 0 Å². The summed E-state index contributed by atoms with van der Waals surface area (Å²) in [7, 11) is 1.60. The van der Waals surface area contributed by atoms with E-state index in [4.69, 9.17) is 14.2 Å². The van der Waals surface area contributed by atoms with Crippen LogP contribution in [0.15, 0.2) is 0 Å². The fraction of sp³-hybridized carbons (Fsp3) is 0.857. The molecule has 0 saturated heterocycles. The van der Waals surface area contributed by atoms with Gasteiger partial charge in [-0.2, -0.15) is 0 Å². The number of hydrogen-bond donors (Lipinski definition) is 0. The van der Waals surface area contributed by atoms with E-state index in [1.54, 1.807) is 14.0 Å². The Morgan fingerprint density at radius 1 is 1.45 bits per heavy atom. The summed E-state index contributed by atoms with van der Waals surface area (Å²) in [6, 6.07) is 0. The highest BCUT2D eigenvalue weighted by molar-refractivity contribution is 5.54. The number of carbonyl (C=O) groups is 1. The molecule has 0 aromatic rings. The van der Waals surface area contributed by atoms with E-state index in [1.165, 1.54) is 0 Å². The average molecular weight is 162 g/mol. The number of carbonyl (C=O) groups excluding carboxylic acids is 1. The van der Waals surface area contributed by atoms with E-state index in [9.17, 15) is 4.79 Å². The highest BCUT2D eigenvalue weighted by Crippen LogP contribution is 1.85. The smallest absolute Gasteiger partial charge is 0.148 e. The van der Waals surface area contributed by atoms with Crippen molar-refractivity contribution >= 4 is 6.29 Å². The Kier molecular flexibility index (Phi) is 7.34. The lowest BCUT2D eigenvalue weighted by atomic mass is 10.5. The van der Waals surface area contributed by atoms with Crippen LogP contribution in [0.3, 0.4) is 0 Å². The van der Waals surface area contributed by atoms with E-state index in [1.807, 2.05) is 0 Å². The van der Waals surface area contributed by atoms with Crippen LogP contribution < -0.4 is 0 Å². The second-order valence-electron chi connectivity index (χ2n) is 2.03. The number of ether oxygens (including phenoxy) is 3. The van der Waals surface area contributed by atoms with Gasteiger partial charge < -0.3 is 19.0 Å². The minimum absolute atomic E-state index is 0.142. The molecule has 0 fully saturated rings. The van der Waals surface area contributed by atoms with Crippen molar-refractivity contribution in [2.45, 2.75) is 13.0 Å². The van der Waals surface area contributed by atoms with Gasteiger partial charge in [-0.15, -0.1) is 0 Å². The molecule has 4 heteroatoms. The Morgan fingerprint density at radius 2 is 2.18 bits per heavy atom. The maximum Gasteiger partial charge on any atom is 0.148 e. The van der Waals surface area contributed by atoms with Crippen molar-refractivity contribution in [3.8, 4) is 0 Å². The Morgan fingerprint density at radius 3 is 2.73 bits per heavy atom. The molecule has 0 amide bonds. The van der Waals surface area contributed by atoms with Crippen molar-refractivity contribution in [2.75, 3.05) is 27.1 Å². The lowest BCUT2D eigenvalue weighted by Gasteiger charge is -2.06. The molecule has 4 nitrogen and oxygen atoms in total. The third-order valence-electron chi connectivity index (χ3n) is 1.04. The molecule has 0 radical (unpaired) electrons. The topological polar surface area (TPSA) is 44.8 Å². The minimum Gasteiger partial charge on any atom is -0.382 e. The molecular weight excluding hydrogens is 148 g/mol. The van der Waals surface area contributed by atoms with Crippen LogP contribution in [0.25, 0.3) is 0 Å². The molecule has 66 valence electrons. The van der Waals surface area contributed by atoms with E-state index in [0.717, 1.165) is 6.29 Å². The summed E-state index contributed by atoms with van der Waals surface area (Å²) < 4.78 is 14.6. The van der Waals surface area contributed by atoms with Crippen LogP contribution in [0.5, 0.6) is 0 Å². The van der Waals surface area contributed by atoms with E-state index in [2.05, 4.69) is 0 Å². The molecule has 0 saturated carbocycles. The zero-order valence-corrected chi connectivity index (χ0v) is 6.91. The van der Waals surface area contributed by atoms with Gasteiger partial charge in [0.15, 0.2) is 0 Å². The average Bonchev–Trinajstić information content (AvgIpc) is 2.04. The Hall–Kier alpha value is -0.450. The van der Waals surface area contributed by atoms with Crippen LogP contribution in [0.2, 0.25) is 0 Å². The van der Waals surface area contributed by atoms with Crippen molar-refractivity contribution in [1.29, 1.82) is 0 Å². The summed E-state index contributed by atoms with van der Waals surface area (Å²) in [5.41, 5.74) is 0. The van der Waals surface area contributed by atoms with Gasteiger partial charge in [-0.1, -0.05) is 0 Å². The van der Waals surface area contributed by atoms with Crippen molar-refractivity contribution in [1.82, 2.24) is 0 Å². The van der Waals surface area contributed by atoms with E-state index < -0.39 is 6.10 Å². The van der Waals surface area contributed by atoms with Gasteiger partial charge in [-0.05, 0) is 6.92 Å². The lowest BCUT2D eigenvalue weighted by molar-refractivity contribution is -0.129. The zero-order chi connectivity index (χ0) is 8.53. The quantitative estimate of drug-likeness (QED) is 0.305. The molecule has 0 spiro atoms. The normalized spacial score (nSPS) is 12.9. The first-order valence-electron chi connectivity index (χ1n) is 3.45. The van der Waals surface area contributed by atoms with E-state index in [0.29, 0.717) is 13.2 Å². The predicted molar refractivity (Wildman–Crippen MR) is 39.3 cm³/mol. The van der Waals surface area contributed by atoms with Crippen LogP contribution in [-0.2, 0) is 19.0 Å². The monoisotopic (exact) mass is 162 g/mol. The van der Waals surface area contributed by atoms with Gasteiger partial charge in [0, 0.05) is 7.11 Å². The van der Waals surface area contributed by atoms with Crippen LogP contribution in [-0.4, -0.2) is 39.5 Å². The largest absolute Gasteiger partial charge is 0.382 e. The van der Waals surface area contributed by atoms with Crippen LogP contribution in [0.1, 0.15) is 6.92 Å². The molecule has 11 heavy (non-hydrogen) atoms. The molecule has 0 N–H and O–H groups in total. The molecule has 1 atom stereocenters. The molecule has 0 aliphatic heterocycles. The molecule has 0 heterocycles. The first-order valence-corrected chi connectivity index (χ1v) is 3.45. The number of methoxy groups -OCH3 is 1. The Balaban J connectivity index is 2.95. The SMILES string of the molecule is COCCOCO[C@H](C)C=O. The first kappa shape index (κ1) is 10.6. The van der Waals surface area contributed by atoms with Gasteiger partial charge in [0.2, 0.25) is 0 Å². The van der Waals surface area contributed by atoms with Crippen LogP contribution in [0, 0.1) is 0 Å². The number of hydrogen-bond acceptors (Lipinski definition) is 4. The summed E-state index contributed by atoms with van der Waals surface area (Å²) in [6.07, 6.45) is 0.331. The maximum absolute atomic E-state index is 10.0. The third-order valence-corrected chi connectivity index (χ3v) is 1.04. The molecule has 0 aromatic carbocycles. The molecular formula is C7H14O4. The third kappa shape index (κ3) is 7.45. The maximum atomic E-state index is 10.0. The van der Waals surface area contributed by atoms with Gasteiger partial charge in [0.25, 0.3) is 0 Å². The summed E-state index contributed by atoms with van der Waals surface area (Å²) in [6.45, 7) is 2.83. The Labute approximate surface area is 66.4 Å². The van der Waals surface area contributed by atoms with Crippen molar-refractivity contribution < 1.29 is 19.0 Å². The molecule has 0 unspecified atom stereocenters. The molecule has 0 rings (SSSR count). The van der Waals surface area contributed by atoms with Crippen molar-refractivity contribution in [3.05, 3.63) is 0 Å². The fourth-order valence-corrected chi connectivity index (χ4v) is 0.396. The van der Waals surface area contributed by atoms with E-state index in [-0.39, 0.29) is 6.79 Å². The fourth-order valence-electron chi connectivity index (χ4n) is 0.396. The van der Waals surface area contributed by atoms with Gasteiger partial charge in [0.1, 0.15) is 19.2 Å².